The van der Waals surface area contributed by atoms with Crippen molar-refractivity contribution >= 4 is 17.7 Å². The van der Waals surface area contributed by atoms with Crippen LogP contribution in [0.3, 0.4) is 0 Å². The SMILES string of the molecule is CCCCCC(NC(=O)C(N)CC(=O)O)C(C)=O. The Labute approximate surface area is 107 Å². The minimum absolute atomic E-state index is 0.137. The summed E-state index contributed by atoms with van der Waals surface area (Å²) in [7, 11) is 0. The molecule has 0 bridgehead atoms. The first kappa shape index (κ1) is 16.6. The molecule has 1 amide bonds. The van der Waals surface area contributed by atoms with E-state index >= 15 is 0 Å². The molecule has 0 aliphatic rings. The van der Waals surface area contributed by atoms with Gasteiger partial charge in [0.05, 0.1) is 18.5 Å². The molecule has 0 saturated carbocycles. The van der Waals surface area contributed by atoms with Crippen LogP contribution in [-0.2, 0) is 14.4 Å². The van der Waals surface area contributed by atoms with Crippen LogP contribution in [0.2, 0.25) is 0 Å². The lowest BCUT2D eigenvalue weighted by Crippen LogP contribution is -2.48. The van der Waals surface area contributed by atoms with Crippen LogP contribution in [0.15, 0.2) is 0 Å². The van der Waals surface area contributed by atoms with Crippen LogP contribution < -0.4 is 11.1 Å². The van der Waals surface area contributed by atoms with E-state index in [4.69, 9.17) is 10.8 Å². The second kappa shape index (κ2) is 8.63. The van der Waals surface area contributed by atoms with Gasteiger partial charge in [-0.15, -0.1) is 0 Å². The zero-order valence-corrected chi connectivity index (χ0v) is 10.9. The number of nitrogens with one attached hydrogen (secondary N) is 1. The molecule has 0 saturated heterocycles. The Balaban J connectivity index is 4.26. The maximum Gasteiger partial charge on any atom is 0.305 e. The Bertz CT molecular complexity index is 304. The molecule has 0 aliphatic heterocycles. The number of hydrogen-bond acceptors (Lipinski definition) is 4. The van der Waals surface area contributed by atoms with E-state index in [2.05, 4.69) is 5.32 Å². The van der Waals surface area contributed by atoms with Gasteiger partial charge in [-0.25, -0.2) is 0 Å². The molecule has 0 radical (unpaired) electrons. The van der Waals surface area contributed by atoms with Crippen LogP contribution in [0, 0.1) is 0 Å². The highest BCUT2D eigenvalue weighted by atomic mass is 16.4. The number of carboxylic acids is 1. The van der Waals surface area contributed by atoms with Crippen molar-refractivity contribution in [3.05, 3.63) is 0 Å². The zero-order valence-electron chi connectivity index (χ0n) is 10.9. The van der Waals surface area contributed by atoms with Crippen LogP contribution in [0.1, 0.15) is 46.0 Å². The van der Waals surface area contributed by atoms with Crippen LogP contribution in [0.5, 0.6) is 0 Å². The Morgan fingerprint density at radius 1 is 1.28 bits per heavy atom. The summed E-state index contributed by atoms with van der Waals surface area (Å²) in [6, 6.07) is -1.68. The lowest BCUT2D eigenvalue weighted by molar-refractivity contribution is -0.139. The third-order valence-electron chi connectivity index (χ3n) is 2.63. The monoisotopic (exact) mass is 258 g/mol. The molecule has 18 heavy (non-hydrogen) atoms. The largest absolute Gasteiger partial charge is 0.481 e. The zero-order chi connectivity index (χ0) is 14.1. The second-order valence-electron chi connectivity index (χ2n) is 4.37. The molecule has 0 rings (SSSR count). The van der Waals surface area contributed by atoms with Gasteiger partial charge in [-0.3, -0.25) is 14.4 Å². The minimum Gasteiger partial charge on any atom is -0.481 e. The molecule has 4 N–H and O–H groups in total. The lowest BCUT2D eigenvalue weighted by Gasteiger charge is -2.18. The number of carboxylic acid groups (broad SMARTS) is 1. The molecule has 6 nitrogen and oxygen atoms in total. The number of aliphatic carboxylic acids is 1. The van der Waals surface area contributed by atoms with Gasteiger partial charge in [0, 0.05) is 0 Å². The fourth-order valence-electron chi connectivity index (χ4n) is 1.54. The van der Waals surface area contributed by atoms with Crippen LogP contribution >= 0.6 is 0 Å². The normalized spacial score (nSPS) is 13.7. The number of nitrogens with two attached hydrogens (primary N) is 1. The summed E-state index contributed by atoms with van der Waals surface area (Å²) in [5.41, 5.74) is 5.42. The third-order valence-corrected chi connectivity index (χ3v) is 2.63. The Morgan fingerprint density at radius 3 is 2.33 bits per heavy atom. The maximum atomic E-state index is 11.6. The summed E-state index contributed by atoms with van der Waals surface area (Å²) in [5, 5.41) is 11.0. The number of Topliss-reactive ketones (excluding diaryl/α,β-unsaturated/α-hetero) is 1. The van der Waals surface area contributed by atoms with Crippen LogP contribution in [0.25, 0.3) is 0 Å². The van der Waals surface area contributed by atoms with Gasteiger partial charge in [0.1, 0.15) is 0 Å². The summed E-state index contributed by atoms with van der Waals surface area (Å²) < 4.78 is 0. The summed E-state index contributed by atoms with van der Waals surface area (Å²) in [4.78, 5) is 33.3. The summed E-state index contributed by atoms with van der Waals surface area (Å²) in [6.07, 6.45) is 2.98. The van der Waals surface area contributed by atoms with Gasteiger partial charge in [0.2, 0.25) is 5.91 Å². The van der Waals surface area contributed by atoms with Crippen molar-refractivity contribution in [1.29, 1.82) is 0 Å². The smallest absolute Gasteiger partial charge is 0.305 e. The fraction of sp³-hybridized carbons (Fsp3) is 0.750. The van der Waals surface area contributed by atoms with Crippen molar-refractivity contribution in [2.75, 3.05) is 0 Å². The molecule has 0 heterocycles. The van der Waals surface area contributed by atoms with Crippen LogP contribution in [0.4, 0.5) is 0 Å². The van der Waals surface area contributed by atoms with E-state index in [-0.39, 0.29) is 5.78 Å². The molecule has 104 valence electrons. The van der Waals surface area contributed by atoms with Crippen molar-refractivity contribution < 1.29 is 19.5 Å². The van der Waals surface area contributed by atoms with Crippen molar-refractivity contribution in [3.8, 4) is 0 Å². The first-order chi connectivity index (χ1) is 8.38. The molecule has 0 aromatic heterocycles. The molecule has 0 fully saturated rings. The molecule has 0 spiro atoms. The van der Waals surface area contributed by atoms with Crippen molar-refractivity contribution in [2.24, 2.45) is 5.73 Å². The molecular formula is C12H22N2O4. The number of ketones is 1. The van der Waals surface area contributed by atoms with Crippen molar-refractivity contribution in [2.45, 2.75) is 58.0 Å². The predicted molar refractivity (Wildman–Crippen MR) is 67.0 cm³/mol. The Kier molecular flexibility index (Phi) is 7.94. The number of unbranched alkanes of at least 4 members (excludes halogenated alkanes) is 2. The van der Waals surface area contributed by atoms with E-state index in [1.54, 1.807) is 0 Å². The van der Waals surface area contributed by atoms with Gasteiger partial charge < -0.3 is 16.2 Å². The first-order valence-corrected chi connectivity index (χ1v) is 6.16. The number of hydrogen-bond donors (Lipinski definition) is 3. The van der Waals surface area contributed by atoms with Crippen molar-refractivity contribution in [3.63, 3.8) is 0 Å². The molecule has 0 aliphatic carbocycles. The molecule has 6 heteroatoms. The average Bonchev–Trinajstić information content (AvgIpc) is 2.26. The first-order valence-electron chi connectivity index (χ1n) is 6.16. The average molecular weight is 258 g/mol. The van der Waals surface area contributed by atoms with Gasteiger partial charge >= 0.3 is 5.97 Å². The third kappa shape index (κ3) is 7.01. The highest BCUT2D eigenvalue weighted by Gasteiger charge is 2.22. The Hall–Kier alpha value is -1.43. The molecule has 0 aromatic carbocycles. The molecule has 0 aromatic rings. The van der Waals surface area contributed by atoms with Gasteiger partial charge in [0.15, 0.2) is 5.78 Å². The highest BCUT2D eigenvalue weighted by Crippen LogP contribution is 2.05. The number of carbonyl (C=O) groups excluding carboxylic acids is 2. The summed E-state index contributed by atoms with van der Waals surface area (Å²) in [6.45, 7) is 3.45. The molecule has 2 unspecified atom stereocenters. The second-order valence-corrected chi connectivity index (χ2v) is 4.37. The highest BCUT2D eigenvalue weighted by molar-refractivity contribution is 5.91. The summed E-state index contributed by atoms with van der Waals surface area (Å²) >= 11 is 0. The lowest BCUT2D eigenvalue weighted by atomic mass is 10.0. The van der Waals surface area contributed by atoms with Gasteiger partial charge in [0.25, 0.3) is 0 Å². The molecular weight excluding hydrogens is 236 g/mol. The quantitative estimate of drug-likeness (QED) is 0.520. The Morgan fingerprint density at radius 2 is 1.89 bits per heavy atom. The van der Waals surface area contributed by atoms with E-state index in [9.17, 15) is 14.4 Å². The number of rotatable bonds is 9. The minimum atomic E-state index is -1.14. The maximum absolute atomic E-state index is 11.6. The summed E-state index contributed by atoms with van der Waals surface area (Å²) in [5.74, 6) is -1.86. The van der Waals surface area contributed by atoms with E-state index in [0.717, 1.165) is 19.3 Å². The van der Waals surface area contributed by atoms with Crippen LogP contribution in [-0.4, -0.2) is 34.8 Å². The standard InChI is InChI=1S/C12H22N2O4/c1-3-4-5-6-10(8(2)15)14-12(18)9(13)7-11(16)17/h9-10H,3-7,13H2,1-2H3,(H,14,18)(H,16,17). The van der Waals surface area contributed by atoms with E-state index < -0.39 is 30.4 Å². The van der Waals surface area contributed by atoms with Crippen molar-refractivity contribution in [1.82, 2.24) is 5.32 Å². The van der Waals surface area contributed by atoms with Gasteiger partial charge in [-0.1, -0.05) is 26.2 Å². The predicted octanol–water partition coefficient (Wildman–Crippen LogP) is 0.443. The fourth-order valence-corrected chi connectivity index (χ4v) is 1.54. The van der Waals surface area contributed by atoms with Gasteiger partial charge in [-0.2, -0.15) is 0 Å². The topological polar surface area (TPSA) is 109 Å². The van der Waals surface area contributed by atoms with E-state index in [0.29, 0.717) is 6.42 Å². The number of carbonyl (C=O) groups is 3. The van der Waals surface area contributed by atoms with E-state index in [1.807, 2.05) is 6.92 Å². The van der Waals surface area contributed by atoms with Gasteiger partial charge in [-0.05, 0) is 13.3 Å². The number of amides is 1. The molecule has 2 atom stereocenters. The van der Waals surface area contributed by atoms with E-state index in [1.165, 1.54) is 6.92 Å².